The summed E-state index contributed by atoms with van der Waals surface area (Å²) in [7, 11) is 0. The third kappa shape index (κ3) is 3.47. The van der Waals surface area contributed by atoms with Gasteiger partial charge in [-0.15, -0.1) is 0 Å². The number of hydrogen-bond acceptors (Lipinski definition) is 2. The minimum atomic E-state index is -0.219. The minimum Gasteiger partial charge on any atom is -0.465 e. The number of para-hydroxylation sites is 1. The number of benzene rings is 1. The second kappa shape index (κ2) is 7.41. The molecule has 19 heavy (non-hydrogen) atoms. The highest BCUT2D eigenvalue weighted by molar-refractivity contribution is 5.90. The van der Waals surface area contributed by atoms with Crippen LogP contribution in [0.5, 0.6) is 0 Å². The zero-order valence-corrected chi connectivity index (χ0v) is 11.8. The lowest BCUT2D eigenvalue weighted by atomic mass is 10.2. The number of rotatable bonds is 4. The van der Waals surface area contributed by atoms with E-state index in [1.54, 1.807) is 13.0 Å². The van der Waals surface area contributed by atoms with Crippen molar-refractivity contribution in [3.63, 3.8) is 0 Å². The highest BCUT2D eigenvalue weighted by Crippen LogP contribution is 2.22. The number of ether oxygens (including phenoxy) is 1. The van der Waals surface area contributed by atoms with E-state index in [1.807, 2.05) is 48.9 Å². The molecule has 0 saturated heterocycles. The summed E-state index contributed by atoms with van der Waals surface area (Å²) in [5, 5.41) is 1.10. The molecular formula is C16H21NO2. The molecule has 0 N–H and O–H groups in total. The molecule has 0 bridgehead atoms. The van der Waals surface area contributed by atoms with Crippen LogP contribution in [-0.4, -0.2) is 17.1 Å². The highest BCUT2D eigenvalue weighted by atomic mass is 16.5. The van der Waals surface area contributed by atoms with E-state index in [1.165, 1.54) is 0 Å². The molecule has 0 atom stereocenters. The summed E-state index contributed by atoms with van der Waals surface area (Å²) in [5.74, 6) is -0.219. The predicted octanol–water partition coefficient (Wildman–Crippen LogP) is 3.87. The van der Waals surface area contributed by atoms with E-state index in [0.717, 1.165) is 16.5 Å². The van der Waals surface area contributed by atoms with Gasteiger partial charge in [0.2, 0.25) is 0 Å². The first kappa shape index (κ1) is 15.0. The largest absolute Gasteiger partial charge is 0.465 e. The Kier molecular flexibility index (Phi) is 5.86. The molecular weight excluding hydrogens is 238 g/mol. The fourth-order valence-corrected chi connectivity index (χ4v) is 1.91. The zero-order valence-electron chi connectivity index (χ0n) is 11.8. The van der Waals surface area contributed by atoms with E-state index in [4.69, 9.17) is 4.74 Å². The monoisotopic (exact) mass is 259 g/mol. The summed E-state index contributed by atoms with van der Waals surface area (Å²) in [6.07, 6.45) is 3.72. The van der Waals surface area contributed by atoms with Crippen LogP contribution >= 0.6 is 0 Å². The van der Waals surface area contributed by atoms with Crippen molar-refractivity contribution in [1.82, 2.24) is 4.57 Å². The normalized spacial score (nSPS) is 9.63. The first-order valence-corrected chi connectivity index (χ1v) is 6.62. The number of esters is 1. The lowest BCUT2D eigenvalue weighted by molar-refractivity contribution is -0.143. The molecule has 0 saturated carbocycles. The quantitative estimate of drug-likeness (QED) is 0.780. The van der Waals surface area contributed by atoms with Crippen molar-refractivity contribution in [1.29, 1.82) is 0 Å². The van der Waals surface area contributed by atoms with Crippen LogP contribution in [0.25, 0.3) is 17.0 Å². The van der Waals surface area contributed by atoms with Crippen molar-refractivity contribution >= 4 is 22.9 Å². The molecule has 0 aliphatic carbocycles. The van der Waals surface area contributed by atoms with Crippen LogP contribution in [0.15, 0.2) is 37.0 Å². The number of carbonyl (C=O) groups excluding carboxylic acids is 1. The molecule has 3 heteroatoms. The summed E-state index contributed by atoms with van der Waals surface area (Å²) < 4.78 is 6.85. The third-order valence-corrected chi connectivity index (χ3v) is 2.64. The van der Waals surface area contributed by atoms with Gasteiger partial charge in [0.05, 0.1) is 6.61 Å². The van der Waals surface area contributed by atoms with Gasteiger partial charge in [-0.3, -0.25) is 4.79 Å². The molecule has 0 aliphatic heterocycles. The Bertz CT molecular complexity index is 555. The Labute approximate surface area is 114 Å². The van der Waals surface area contributed by atoms with Gasteiger partial charge < -0.3 is 9.30 Å². The molecule has 0 aliphatic rings. The van der Waals surface area contributed by atoms with Gasteiger partial charge in [0, 0.05) is 17.1 Å². The van der Waals surface area contributed by atoms with Crippen molar-refractivity contribution in [3.05, 3.63) is 42.6 Å². The molecule has 0 radical (unpaired) electrons. The Hall–Kier alpha value is -2.03. The van der Waals surface area contributed by atoms with Gasteiger partial charge in [0.25, 0.3) is 0 Å². The second-order valence-corrected chi connectivity index (χ2v) is 3.74. The average molecular weight is 259 g/mol. The van der Waals surface area contributed by atoms with Crippen LogP contribution in [0.3, 0.4) is 0 Å². The van der Waals surface area contributed by atoms with E-state index in [0.29, 0.717) is 6.61 Å². The Balaban J connectivity index is 0.000000861. The second-order valence-electron chi connectivity index (χ2n) is 3.74. The summed E-state index contributed by atoms with van der Waals surface area (Å²) in [6.45, 7) is 10.2. The van der Waals surface area contributed by atoms with Gasteiger partial charge in [-0.2, -0.15) is 0 Å². The van der Waals surface area contributed by atoms with Gasteiger partial charge in [0.1, 0.15) is 6.54 Å². The van der Waals surface area contributed by atoms with E-state index in [9.17, 15) is 4.79 Å². The van der Waals surface area contributed by atoms with Crippen molar-refractivity contribution in [2.75, 3.05) is 6.61 Å². The fourth-order valence-electron chi connectivity index (χ4n) is 1.91. The number of carbonyl (C=O) groups is 1. The van der Waals surface area contributed by atoms with Gasteiger partial charge in [-0.25, -0.2) is 0 Å². The number of aromatic nitrogens is 1. The number of nitrogens with zero attached hydrogens (tertiary/aromatic N) is 1. The summed E-state index contributed by atoms with van der Waals surface area (Å²) in [6, 6.07) is 7.94. The van der Waals surface area contributed by atoms with Crippen molar-refractivity contribution in [3.8, 4) is 0 Å². The van der Waals surface area contributed by atoms with Crippen molar-refractivity contribution in [2.45, 2.75) is 27.3 Å². The smallest absolute Gasteiger partial charge is 0.325 e. The Morgan fingerprint density at radius 1 is 1.37 bits per heavy atom. The summed E-state index contributed by atoms with van der Waals surface area (Å²) >= 11 is 0. The standard InChI is InChI=1S/C14H15NO2.C2H6/c1-3-11-9-15(10-14(16)17-4-2)13-8-6-5-7-12(11)13;1-2/h3,5-9H,1,4,10H2,2H3;1-2H3. The van der Waals surface area contributed by atoms with Crippen LogP contribution < -0.4 is 0 Å². The SMILES string of the molecule is C=Cc1cn(CC(=O)OCC)c2ccccc12.CC. The van der Waals surface area contributed by atoms with E-state index < -0.39 is 0 Å². The van der Waals surface area contributed by atoms with Crippen molar-refractivity contribution < 1.29 is 9.53 Å². The minimum absolute atomic E-state index is 0.219. The fraction of sp³-hybridized carbons (Fsp3) is 0.312. The molecule has 0 fully saturated rings. The third-order valence-electron chi connectivity index (χ3n) is 2.64. The topological polar surface area (TPSA) is 31.2 Å². The van der Waals surface area contributed by atoms with Crippen LogP contribution in [-0.2, 0) is 16.1 Å². The molecule has 1 heterocycles. The van der Waals surface area contributed by atoms with E-state index in [2.05, 4.69) is 6.58 Å². The molecule has 102 valence electrons. The first-order valence-electron chi connectivity index (χ1n) is 6.62. The predicted molar refractivity (Wildman–Crippen MR) is 80.0 cm³/mol. The maximum absolute atomic E-state index is 11.5. The first-order chi connectivity index (χ1) is 9.26. The van der Waals surface area contributed by atoms with E-state index >= 15 is 0 Å². The summed E-state index contributed by atoms with van der Waals surface area (Å²) in [5.41, 5.74) is 2.06. The number of fused-ring (bicyclic) bond motifs is 1. The van der Waals surface area contributed by atoms with Crippen LogP contribution in [0, 0.1) is 0 Å². The van der Waals surface area contributed by atoms with E-state index in [-0.39, 0.29) is 12.5 Å². The highest BCUT2D eigenvalue weighted by Gasteiger charge is 2.09. The van der Waals surface area contributed by atoms with Crippen LogP contribution in [0.4, 0.5) is 0 Å². The summed E-state index contributed by atoms with van der Waals surface area (Å²) in [4.78, 5) is 11.5. The Morgan fingerprint density at radius 2 is 2.05 bits per heavy atom. The number of hydrogen-bond donors (Lipinski definition) is 0. The molecule has 0 amide bonds. The van der Waals surface area contributed by atoms with Gasteiger partial charge in [-0.1, -0.05) is 44.7 Å². The molecule has 2 aromatic rings. The molecule has 1 aromatic carbocycles. The molecule has 0 unspecified atom stereocenters. The molecule has 2 rings (SSSR count). The lowest BCUT2D eigenvalue weighted by Crippen LogP contribution is -2.12. The molecule has 0 spiro atoms. The van der Waals surface area contributed by atoms with Gasteiger partial charge >= 0.3 is 5.97 Å². The Morgan fingerprint density at radius 3 is 2.68 bits per heavy atom. The average Bonchev–Trinajstić information content (AvgIpc) is 2.80. The van der Waals surface area contributed by atoms with Crippen molar-refractivity contribution in [2.24, 2.45) is 0 Å². The van der Waals surface area contributed by atoms with Gasteiger partial charge in [0.15, 0.2) is 0 Å². The van der Waals surface area contributed by atoms with Gasteiger partial charge in [-0.05, 0) is 18.6 Å². The zero-order chi connectivity index (χ0) is 14.3. The molecule has 1 aromatic heterocycles. The van der Waals surface area contributed by atoms with Crippen LogP contribution in [0.2, 0.25) is 0 Å². The molecule has 3 nitrogen and oxygen atoms in total. The lowest BCUT2D eigenvalue weighted by Gasteiger charge is -2.04. The maximum Gasteiger partial charge on any atom is 0.325 e. The van der Waals surface area contributed by atoms with Crippen LogP contribution in [0.1, 0.15) is 26.3 Å². The maximum atomic E-state index is 11.5.